The molecule has 0 saturated carbocycles. The first-order valence-electron chi connectivity index (χ1n) is 5.95. The third-order valence-corrected chi connectivity index (χ3v) is 2.41. The second-order valence-electron chi connectivity index (χ2n) is 3.87. The predicted molar refractivity (Wildman–Crippen MR) is 67.4 cm³/mol. The zero-order valence-electron chi connectivity index (χ0n) is 10.3. The molecule has 1 aromatic carbocycles. The molecule has 0 bridgehead atoms. The maximum Gasteiger partial charge on any atom is 0.379 e. The van der Waals surface area contributed by atoms with Gasteiger partial charge < -0.3 is 14.7 Å². The van der Waals surface area contributed by atoms with E-state index in [-0.39, 0.29) is 11.7 Å². The lowest BCUT2D eigenvalue weighted by Gasteiger charge is -2.07. The van der Waals surface area contributed by atoms with E-state index in [1.807, 2.05) is 0 Å². The second-order valence-corrected chi connectivity index (χ2v) is 3.87. The number of rotatable bonds is 6. The normalized spacial score (nSPS) is 10.2. The number of hydrogen-bond acceptors (Lipinski definition) is 3. The van der Waals surface area contributed by atoms with Gasteiger partial charge in [-0.2, -0.15) is 0 Å². The van der Waals surface area contributed by atoms with E-state index in [9.17, 15) is 9.60 Å². The van der Waals surface area contributed by atoms with Crippen molar-refractivity contribution in [3.8, 4) is 11.6 Å². The van der Waals surface area contributed by atoms with Crippen molar-refractivity contribution in [2.24, 2.45) is 0 Å². The fourth-order valence-electron chi connectivity index (χ4n) is 1.48. The molecule has 0 aliphatic rings. The summed E-state index contributed by atoms with van der Waals surface area (Å²) < 4.78 is 24.0. The average molecular weight is 263 g/mol. The van der Waals surface area contributed by atoms with E-state index in [4.69, 9.17) is 9.47 Å². The number of halogens is 1. The quantitative estimate of drug-likeness (QED) is 0.456. The molecule has 0 fully saturated rings. The highest BCUT2D eigenvalue weighted by atomic mass is 19.1. The molecule has 0 atom stereocenters. The van der Waals surface area contributed by atoms with Crippen molar-refractivity contribution < 1.29 is 18.6 Å². The molecule has 4 nitrogen and oxygen atoms in total. The maximum absolute atomic E-state index is 12.6. The monoisotopic (exact) mass is 263 g/mol. The highest BCUT2D eigenvalue weighted by molar-refractivity contribution is 5.21. The number of aromatic nitrogens is 1. The summed E-state index contributed by atoms with van der Waals surface area (Å²) in [4.78, 5) is 0. The van der Waals surface area contributed by atoms with E-state index in [0.717, 1.165) is 0 Å². The van der Waals surface area contributed by atoms with Crippen LogP contribution in [0.3, 0.4) is 0 Å². The Morgan fingerprint density at radius 1 is 1.00 bits per heavy atom. The molecule has 2 aromatic rings. The predicted octanol–water partition coefficient (Wildman–Crippen LogP) is 2.31. The van der Waals surface area contributed by atoms with Gasteiger partial charge in [0, 0.05) is 12.5 Å². The van der Waals surface area contributed by atoms with Gasteiger partial charge in [-0.3, -0.25) is 0 Å². The minimum absolute atomic E-state index is 0.268. The van der Waals surface area contributed by atoms with Gasteiger partial charge in [-0.25, -0.2) is 4.39 Å². The Labute approximate surface area is 110 Å². The summed E-state index contributed by atoms with van der Waals surface area (Å²) in [5.74, 6) is 0.587. The van der Waals surface area contributed by atoms with Crippen LogP contribution in [0, 0.1) is 11.0 Å². The van der Waals surface area contributed by atoms with E-state index >= 15 is 0 Å². The van der Waals surface area contributed by atoms with Crippen LogP contribution in [-0.2, 0) is 0 Å². The van der Waals surface area contributed by atoms with Crippen LogP contribution < -0.4 is 14.2 Å². The van der Waals surface area contributed by atoms with Crippen LogP contribution in [0.1, 0.15) is 6.42 Å². The van der Waals surface area contributed by atoms with Crippen LogP contribution >= 0.6 is 0 Å². The molecule has 5 heteroatoms. The van der Waals surface area contributed by atoms with E-state index in [2.05, 4.69) is 0 Å². The molecule has 100 valence electrons. The Morgan fingerprint density at radius 3 is 2.47 bits per heavy atom. The minimum atomic E-state index is -0.292. The summed E-state index contributed by atoms with van der Waals surface area (Å²) in [6.45, 7) is 0.824. The minimum Gasteiger partial charge on any atom is -0.616 e. The Kier molecular flexibility index (Phi) is 4.55. The fourth-order valence-corrected chi connectivity index (χ4v) is 1.48. The van der Waals surface area contributed by atoms with Gasteiger partial charge in [-0.05, 0) is 30.3 Å². The van der Waals surface area contributed by atoms with E-state index in [1.54, 1.807) is 30.3 Å². The third kappa shape index (κ3) is 4.13. The van der Waals surface area contributed by atoms with Crippen molar-refractivity contribution in [3.63, 3.8) is 0 Å². The molecule has 19 heavy (non-hydrogen) atoms. The molecule has 0 N–H and O–H groups in total. The van der Waals surface area contributed by atoms with Crippen LogP contribution in [0.15, 0.2) is 48.7 Å². The Balaban J connectivity index is 1.67. The van der Waals surface area contributed by atoms with Crippen molar-refractivity contribution in [2.75, 3.05) is 13.2 Å². The fraction of sp³-hybridized carbons (Fsp3) is 0.214. The van der Waals surface area contributed by atoms with Crippen LogP contribution in [0.25, 0.3) is 0 Å². The summed E-state index contributed by atoms with van der Waals surface area (Å²) in [5.41, 5.74) is 0. The molecule has 0 aliphatic carbocycles. The number of pyridine rings is 1. The molecule has 0 spiro atoms. The lowest BCUT2D eigenvalue weighted by molar-refractivity contribution is -0.612. The zero-order chi connectivity index (χ0) is 13.5. The Bertz CT molecular complexity index is 516. The van der Waals surface area contributed by atoms with Crippen LogP contribution in [0.2, 0.25) is 0 Å². The van der Waals surface area contributed by atoms with Gasteiger partial charge in [0.1, 0.15) is 11.6 Å². The zero-order valence-corrected chi connectivity index (χ0v) is 10.3. The molecule has 0 saturated heterocycles. The van der Waals surface area contributed by atoms with Gasteiger partial charge in [0.2, 0.25) is 0 Å². The Morgan fingerprint density at radius 2 is 1.74 bits per heavy atom. The van der Waals surface area contributed by atoms with E-state index in [0.29, 0.717) is 30.1 Å². The van der Waals surface area contributed by atoms with Crippen LogP contribution in [0.4, 0.5) is 4.39 Å². The van der Waals surface area contributed by atoms with Gasteiger partial charge in [-0.15, -0.1) is 4.73 Å². The summed E-state index contributed by atoms with van der Waals surface area (Å²) in [7, 11) is 0. The van der Waals surface area contributed by atoms with Gasteiger partial charge in [0.15, 0.2) is 6.20 Å². The summed E-state index contributed by atoms with van der Waals surface area (Å²) >= 11 is 0. The molecule has 0 amide bonds. The first-order valence-corrected chi connectivity index (χ1v) is 5.95. The second kappa shape index (κ2) is 6.58. The van der Waals surface area contributed by atoms with Crippen molar-refractivity contribution >= 4 is 0 Å². The molecule has 1 aromatic heterocycles. The van der Waals surface area contributed by atoms with Crippen LogP contribution in [0.5, 0.6) is 11.6 Å². The standard InChI is InChI=1S/C14H14FNO3/c15-12-5-7-13(8-6-12)18-10-3-11-19-14-4-1-2-9-16(14)17/h1-2,4-9H,3,10-11H2. The first-order chi connectivity index (χ1) is 9.25. The largest absolute Gasteiger partial charge is 0.616 e. The smallest absolute Gasteiger partial charge is 0.379 e. The molecule has 2 rings (SSSR count). The third-order valence-electron chi connectivity index (χ3n) is 2.41. The Hall–Kier alpha value is -2.30. The molecule has 0 unspecified atom stereocenters. The highest BCUT2D eigenvalue weighted by Gasteiger charge is 2.03. The van der Waals surface area contributed by atoms with Crippen molar-refractivity contribution in [1.82, 2.24) is 0 Å². The molecular formula is C14H14FNO3. The van der Waals surface area contributed by atoms with Crippen LogP contribution in [-0.4, -0.2) is 13.2 Å². The maximum atomic E-state index is 12.6. The SMILES string of the molecule is [O-][n+]1ccccc1OCCCOc1ccc(F)cc1. The van der Waals surface area contributed by atoms with Crippen molar-refractivity contribution in [1.29, 1.82) is 0 Å². The molecule has 0 radical (unpaired) electrons. The topological polar surface area (TPSA) is 45.4 Å². The molecular weight excluding hydrogens is 249 g/mol. The average Bonchev–Trinajstić information content (AvgIpc) is 2.42. The highest BCUT2D eigenvalue weighted by Crippen LogP contribution is 2.11. The van der Waals surface area contributed by atoms with Crippen molar-refractivity contribution in [2.45, 2.75) is 6.42 Å². The van der Waals surface area contributed by atoms with Crippen molar-refractivity contribution in [3.05, 3.63) is 59.7 Å². The summed E-state index contributed by atoms with van der Waals surface area (Å²) in [5, 5.41) is 11.3. The van der Waals surface area contributed by atoms with Gasteiger partial charge >= 0.3 is 5.88 Å². The number of hydrogen-bond donors (Lipinski definition) is 0. The van der Waals surface area contributed by atoms with E-state index < -0.39 is 0 Å². The first kappa shape index (κ1) is 13.1. The number of nitrogens with zero attached hydrogens (tertiary/aromatic N) is 1. The molecule has 1 heterocycles. The van der Waals surface area contributed by atoms with Gasteiger partial charge in [-0.1, -0.05) is 0 Å². The summed E-state index contributed by atoms with van der Waals surface area (Å²) in [6.07, 6.45) is 2.01. The number of ether oxygens (including phenoxy) is 2. The summed E-state index contributed by atoms with van der Waals surface area (Å²) in [6, 6.07) is 10.8. The number of benzene rings is 1. The van der Waals surface area contributed by atoms with Gasteiger partial charge in [0.25, 0.3) is 0 Å². The lowest BCUT2D eigenvalue weighted by atomic mass is 10.3. The van der Waals surface area contributed by atoms with Gasteiger partial charge in [0.05, 0.1) is 19.3 Å². The lowest BCUT2D eigenvalue weighted by Crippen LogP contribution is -2.28. The van der Waals surface area contributed by atoms with E-state index in [1.165, 1.54) is 18.3 Å². The molecule has 0 aliphatic heterocycles.